The van der Waals surface area contributed by atoms with Crippen molar-refractivity contribution >= 4 is 41.4 Å². The van der Waals surface area contributed by atoms with Gasteiger partial charge in [0.05, 0.1) is 6.42 Å². The Morgan fingerprint density at radius 1 is 0.879 bits per heavy atom. The molecule has 58 heavy (non-hydrogen) atoms. The molecule has 0 saturated carbocycles. The van der Waals surface area contributed by atoms with Crippen molar-refractivity contribution in [2.45, 2.75) is 96.1 Å². The van der Waals surface area contributed by atoms with Crippen LogP contribution in [0.1, 0.15) is 55.4 Å². The lowest BCUT2D eigenvalue weighted by Gasteiger charge is -2.42. The first-order valence-electron chi connectivity index (χ1n) is 20.1. The summed E-state index contributed by atoms with van der Waals surface area (Å²) in [7, 11) is 1.83. The molecule has 4 saturated heterocycles. The Labute approximate surface area is 338 Å². The Kier molecular flexibility index (Phi) is 13.1. The largest absolute Gasteiger partial charge is 0.461 e. The molecule has 16 heteroatoms. The molecule has 312 valence electrons. The molecule has 6 amide bonds. The van der Waals surface area contributed by atoms with Crippen LogP contribution in [-0.2, 0) is 51.1 Å². The molecule has 4 aliphatic rings. The zero-order valence-electron chi connectivity index (χ0n) is 33.8. The Balaban J connectivity index is 1.31. The van der Waals surface area contributed by atoms with Crippen molar-refractivity contribution in [3.8, 4) is 0 Å². The molecule has 7 atom stereocenters. The number of hydrogen-bond donors (Lipinski definition) is 3. The van der Waals surface area contributed by atoms with E-state index in [1.165, 1.54) is 26.8 Å². The summed E-state index contributed by atoms with van der Waals surface area (Å²) in [4.78, 5) is 104. The first-order valence-corrected chi connectivity index (χ1v) is 20.1. The molecule has 0 bridgehead atoms. The molecule has 3 N–H and O–H groups in total. The zero-order valence-corrected chi connectivity index (χ0v) is 33.8. The fraction of sp³-hybridized carbons (Fsp3) is 0.548. The smallest absolute Gasteiger partial charge is 0.328 e. The van der Waals surface area contributed by atoms with E-state index in [1.807, 2.05) is 44.0 Å². The minimum absolute atomic E-state index is 0.0171. The van der Waals surface area contributed by atoms with Gasteiger partial charge in [-0.1, -0.05) is 48.9 Å². The summed E-state index contributed by atoms with van der Waals surface area (Å²) >= 11 is 0. The third-order valence-electron chi connectivity index (χ3n) is 11.5. The number of likely N-dealkylation sites (N-methyl/N-ethyl adjacent to an activating group) is 1. The quantitative estimate of drug-likeness (QED) is 0.339. The SMILES string of the molecule is Cc1cccc(C[C@H](NC(=O)Cc2ccc(C)cc2F)C(=O)N[C@H]2COC(=O)[C@@H]3C[C@@H](C)CN3C(=O)[C@H](C)NC(=O)[C@@H]3CN(C)CCN3C(=O)[C@@H]3CCCN3C2=O)c1. The second kappa shape index (κ2) is 18.0. The van der Waals surface area contributed by atoms with Gasteiger partial charge >= 0.3 is 5.97 Å². The van der Waals surface area contributed by atoms with Gasteiger partial charge in [-0.25, -0.2) is 9.18 Å². The number of ether oxygens (including phenoxy) is 1. The highest BCUT2D eigenvalue weighted by atomic mass is 19.1. The monoisotopic (exact) mass is 803 g/mol. The van der Waals surface area contributed by atoms with Crippen LogP contribution in [0.3, 0.4) is 0 Å². The van der Waals surface area contributed by atoms with Crippen LogP contribution in [0.5, 0.6) is 0 Å². The van der Waals surface area contributed by atoms with E-state index in [-0.39, 0.29) is 56.9 Å². The highest BCUT2D eigenvalue weighted by Gasteiger charge is 2.46. The summed E-state index contributed by atoms with van der Waals surface area (Å²) in [6.07, 6.45) is 0.724. The Hall–Kier alpha value is -5.38. The van der Waals surface area contributed by atoms with Crippen LogP contribution in [0.2, 0.25) is 0 Å². The summed E-state index contributed by atoms with van der Waals surface area (Å²) in [6, 6.07) is 5.21. The van der Waals surface area contributed by atoms with Gasteiger partial charge in [0.25, 0.3) is 0 Å². The van der Waals surface area contributed by atoms with Crippen LogP contribution in [-0.4, -0.2) is 144 Å². The zero-order chi connectivity index (χ0) is 41.8. The van der Waals surface area contributed by atoms with Gasteiger partial charge in [0.2, 0.25) is 35.4 Å². The van der Waals surface area contributed by atoms with Gasteiger partial charge in [-0.15, -0.1) is 0 Å². The molecule has 2 aromatic carbocycles. The number of rotatable bonds is 7. The topological polar surface area (TPSA) is 178 Å². The lowest BCUT2D eigenvalue weighted by Crippen LogP contribution is -2.65. The van der Waals surface area contributed by atoms with Gasteiger partial charge in [0.1, 0.15) is 48.7 Å². The fourth-order valence-corrected chi connectivity index (χ4v) is 8.43. The van der Waals surface area contributed by atoms with E-state index in [4.69, 9.17) is 4.74 Å². The van der Waals surface area contributed by atoms with E-state index in [0.717, 1.165) is 5.56 Å². The molecule has 6 rings (SSSR count). The Morgan fingerprint density at radius 3 is 2.36 bits per heavy atom. The van der Waals surface area contributed by atoms with Gasteiger partial charge in [0, 0.05) is 39.1 Å². The summed E-state index contributed by atoms with van der Waals surface area (Å²) < 4.78 is 20.5. The van der Waals surface area contributed by atoms with Crippen LogP contribution < -0.4 is 16.0 Å². The molecule has 15 nitrogen and oxygen atoms in total. The minimum Gasteiger partial charge on any atom is -0.461 e. The number of esters is 1. The maximum atomic E-state index is 14.8. The van der Waals surface area contributed by atoms with E-state index in [0.29, 0.717) is 30.5 Å². The Morgan fingerprint density at radius 2 is 1.62 bits per heavy atom. The van der Waals surface area contributed by atoms with Crippen molar-refractivity contribution in [3.05, 3.63) is 70.5 Å². The van der Waals surface area contributed by atoms with Crippen molar-refractivity contribution in [1.29, 1.82) is 0 Å². The number of amides is 6. The van der Waals surface area contributed by atoms with Crippen LogP contribution in [0.4, 0.5) is 4.39 Å². The van der Waals surface area contributed by atoms with Crippen molar-refractivity contribution in [2.75, 3.05) is 46.4 Å². The number of aryl methyl sites for hydroxylation is 2. The molecule has 4 heterocycles. The maximum absolute atomic E-state index is 14.8. The lowest BCUT2D eigenvalue weighted by molar-refractivity contribution is -0.158. The van der Waals surface area contributed by atoms with Crippen LogP contribution in [0.25, 0.3) is 0 Å². The van der Waals surface area contributed by atoms with Crippen LogP contribution >= 0.6 is 0 Å². The fourth-order valence-electron chi connectivity index (χ4n) is 8.43. The van der Waals surface area contributed by atoms with Crippen molar-refractivity contribution in [2.24, 2.45) is 5.92 Å². The standard InChI is InChI=1S/C42H54FN7O8/c1-24-8-6-9-28(16-24)19-31(45-36(51)20-29-12-11-25(2)17-30(29)43)37(52)46-32-23-58-42(57)34-18-26(3)21-50(34)39(54)27(4)44-38(53)35-22-47(5)14-15-49(35)41(56)33-10-7-13-48(33)40(32)55/h6,8-9,11-12,16-17,26-27,31-35H,7,10,13-15,18-23H2,1-5H3,(H,44,53)(H,45,51)(H,46,52)/t26-,27+,31+,32+,33+,34+,35+/m1/s1. The van der Waals surface area contributed by atoms with Gasteiger partial charge in [-0.2, -0.15) is 0 Å². The lowest BCUT2D eigenvalue weighted by atomic mass is 10.0. The molecule has 0 radical (unpaired) electrons. The second-order valence-electron chi connectivity index (χ2n) is 16.4. The molecular weight excluding hydrogens is 750 g/mol. The van der Waals surface area contributed by atoms with E-state index >= 15 is 0 Å². The summed E-state index contributed by atoms with van der Waals surface area (Å²) in [5.41, 5.74) is 2.45. The molecule has 2 aromatic rings. The third kappa shape index (κ3) is 9.65. The Bertz CT molecular complexity index is 1940. The predicted molar refractivity (Wildman–Crippen MR) is 209 cm³/mol. The minimum atomic E-state index is -1.49. The predicted octanol–water partition coefficient (Wildman–Crippen LogP) is 0.629. The average molecular weight is 804 g/mol. The van der Waals surface area contributed by atoms with E-state index in [9.17, 15) is 38.0 Å². The molecule has 0 aromatic heterocycles. The molecule has 4 fully saturated rings. The van der Waals surface area contributed by atoms with E-state index < -0.39 is 90.1 Å². The number of benzene rings is 2. The van der Waals surface area contributed by atoms with Gasteiger partial charge < -0.3 is 40.3 Å². The molecule has 0 aliphatic carbocycles. The number of hydrogen-bond acceptors (Lipinski definition) is 9. The number of cyclic esters (lactones) is 1. The molecule has 4 aliphatic heterocycles. The number of carbonyl (C=O) groups is 7. The van der Waals surface area contributed by atoms with Crippen LogP contribution in [0.15, 0.2) is 42.5 Å². The van der Waals surface area contributed by atoms with E-state index in [2.05, 4.69) is 16.0 Å². The number of halogens is 1. The van der Waals surface area contributed by atoms with Gasteiger partial charge in [-0.05, 0) is 75.8 Å². The van der Waals surface area contributed by atoms with Gasteiger partial charge in [0.15, 0.2) is 0 Å². The van der Waals surface area contributed by atoms with Crippen LogP contribution in [0, 0.1) is 25.6 Å². The average Bonchev–Trinajstić information content (AvgIpc) is 3.83. The normalized spacial score (nSPS) is 26.7. The summed E-state index contributed by atoms with van der Waals surface area (Å²) in [5, 5.41) is 8.22. The number of carbonyl (C=O) groups excluding carboxylic acids is 7. The molecular formula is C42H54FN7O8. The van der Waals surface area contributed by atoms with Gasteiger partial charge in [-0.3, -0.25) is 28.8 Å². The number of nitrogens with one attached hydrogen (secondary N) is 3. The summed E-state index contributed by atoms with van der Waals surface area (Å²) in [5.74, 6) is -4.93. The second-order valence-corrected chi connectivity index (χ2v) is 16.4. The highest BCUT2D eigenvalue weighted by Crippen LogP contribution is 2.27. The first-order chi connectivity index (χ1) is 27.6. The van der Waals surface area contributed by atoms with Crippen molar-refractivity contribution in [3.63, 3.8) is 0 Å². The first kappa shape index (κ1) is 42.2. The maximum Gasteiger partial charge on any atom is 0.328 e. The molecule has 0 spiro atoms. The molecule has 0 unspecified atom stereocenters. The number of nitrogens with zero attached hydrogens (tertiary/aromatic N) is 4. The number of piperazine rings is 1. The van der Waals surface area contributed by atoms with Crippen molar-refractivity contribution < 1.29 is 42.7 Å². The highest BCUT2D eigenvalue weighted by molar-refractivity contribution is 5.98. The third-order valence-corrected chi connectivity index (χ3v) is 11.5. The van der Waals surface area contributed by atoms with Crippen molar-refractivity contribution in [1.82, 2.24) is 35.6 Å². The van der Waals surface area contributed by atoms with E-state index in [1.54, 1.807) is 26.0 Å². The number of fused-ring (bicyclic) bond motifs is 3. The summed E-state index contributed by atoms with van der Waals surface area (Å²) in [6.45, 7) is 7.73.